The maximum absolute atomic E-state index is 13.4. The zero-order valence-electron chi connectivity index (χ0n) is 10.4. The standard InChI is InChI=1S/C13H13FN2OS/c1-7-4-5-10(6-11(7)14)16-13(17)12-8(2)18-9(3)15-12/h4-6H,1-3H3,(H,16,17). The molecule has 1 aromatic heterocycles. The van der Waals surface area contributed by atoms with Crippen LogP contribution >= 0.6 is 11.3 Å². The third kappa shape index (κ3) is 2.56. The summed E-state index contributed by atoms with van der Waals surface area (Å²) in [6.45, 7) is 5.37. The Labute approximate surface area is 109 Å². The minimum atomic E-state index is -0.334. The Bertz CT molecular complexity index is 607. The first-order valence-corrected chi connectivity index (χ1v) is 6.30. The van der Waals surface area contributed by atoms with Crippen molar-refractivity contribution in [1.82, 2.24) is 4.98 Å². The quantitative estimate of drug-likeness (QED) is 0.902. The first-order chi connectivity index (χ1) is 8.47. The van der Waals surface area contributed by atoms with E-state index in [1.807, 2.05) is 13.8 Å². The summed E-state index contributed by atoms with van der Waals surface area (Å²) in [5, 5.41) is 3.49. The van der Waals surface area contributed by atoms with E-state index in [0.717, 1.165) is 9.88 Å². The first-order valence-electron chi connectivity index (χ1n) is 5.49. The Hall–Kier alpha value is -1.75. The van der Waals surface area contributed by atoms with Crippen molar-refractivity contribution in [2.24, 2.45) is 0 Å². The van der Waals surface area contributed by atoms with Crippen LogP contribution in [0.2, 0.25) is 0 Å². The van der Waals surface area contributed by atoms with Crippen molar-refractivity contribution >= 4 is 22.9 Å². The smallest absolute Gasteiger partial charge is 0.275 e. The Morgan fingerprint density at radius 1 is 1.33 bits per heavy atom. The highest BCUT2D eigenvalue weighted by molar-refractivity contribution is 7.11. The number of anilines is 1. The van der Waals surface area contributed by atoms with Crippen LogP contribution in [-0.4, -0.2) is 10.9 Å². The first kappa shape index (κ1) is 12.7. The molecule has 0 spiro atoms. The van der Waals surface area contributed by atoms with Crippen LogP contribution in [0.1, 0.15) is 25.9 Å². The molecule has 18 heavy (non-hydrogen) atoms. The maximum Gasteiger partial charge on any atom is 0.275 e. The molecule has 0 aliphatic carbocycles. The number of hydrogen-bond acceptors (Lipinski definition) is 3. The van der Waals surface area contributed by atoms with Gasteiger partial charge < -0.3 is 5.32 Å². The molecule has 94 valence electrons. The van der Waals surface area contributed by atoms with Gasteiger partial charge >= 0.3 is 0 Å². The molecule has 1 N–H and O–H groups in total. The van der Waals surface area contributed by atoms with Crippen LogP contribution in [0.3, 0.4) is 0 Å². The van der Waals surface area contributed by atoms with E-state index in [1.54, 1.807) is 19.1 Å². The van der Waals surface area contributed by atoms with Gasteiger partial charge in [0.15, 0.2) is 0 Å². The van der Waals surface area contributed by atoms with E-state index in [1.165, 1.54) is 17.4 Å². The molecular formula is C13H13FN2OS. The molecule has 0 aliphatic heterocycles. The summed E-state index contributed by atoms with van der Waals surface area (Å²) >= 11 is 1.47. The van der Waals surface area contributed by atoms with Gasteiger partial charge in [0.25, 0.3) is 5.91 Å². The van der Waals surface area contributed by atoms with E-state index in [9.17, 15) is 9.18 Å². The minimum Gasteiger partial charge on any atom is -0.321 e. The van der Waals surface area contributed by atoms with Crippen LogP contribution in [0, 0.1) is 26.6 Å². The predicted octanol–water partition coefficient (Wildman–Crippen LogP) is 3.46. The third-order valence-corrected chi connectivity index (χ3v) is 3.43. The van der Waals surface area contributed by atoms with Crippen molar-refractivity contribution in [2.75, 3.05) is 5.32 Å². The van der Waals surface area contributed by atoms with Crippen molar-refractivity contribution in [3.8, 4) is 0 Å². The lowest BCUT2D eigenvalue weighted by molar-refractivity contribution is 0.102. The van der Waals surface area contributed by atoms with Gasteiger partial charge in [-0.3, -0.25) is 4.79 Å². The molecule has 0 fully saturated rings. The number of aromatic nitrogens is 1. The number of benzene rings is 1. The number of carbonyl (C=O) groups is 1. The summed E-state index contributed by atoms with van der Waals surface area (Å²) in [5.74, 6) is -0.640. The molecular weight excluding hydrogens is 251 g/mol. The molecule has 0 unspecified atom stereocenters. The maximum atomic E-state index is 13.4. The van der Waals surface area contributed by atoms with Crippen molar-refractivity contribution in [2.45, 2.75) is 20.8 Å². The van der Waals surface area contributed by atoms with Gasteiger partial charge in [0.2, 0.25) is 0 Å². The fourth-order valence-corrected chi connectivity index (χ4v) is 2.42. The molecule has 2 rings (SSSR count). The number of nitrogens with one attached hydrogen (secondary N) is 1. The number of nitrogens with zero attached hydrogens (tertiary/aromatic N) is 1. The largest absolute Gasteiger partial charge is 0.321 e. The second kappa shape index (κ2) is 4.86. The van der Waals surface area contributed by atoms with Crippen LogP contribution in [0.4, 0.5) is 10.1 Å². The topological polar surface area (TPSA) is 42.0 Å². The fourth-order valence-electron chi connectivity index (χ4n) is 1.60. The van der Waals surface area contributed by atoms with Crippen LogP contribution in [-0.2, 0) is 0 Å². The molecule has 0 saturated heterocycles. The van der Waals surface area contributed by atoms with E-state index >= 15 is 0 Å². The molecule has 0 aliphatic rings. The van der Waals surface area contributed by atoms with Gasteiger partial charge in [-0.05, 0) is 38.5 Å². The molecule has 0 bridgehead atoms. The monoisotopic (exact) mass is 264 g/mol. The SMILES string of the molecule is Cc1nc(C(=O)Nc2ccc(C)c(F)c2)c(C)s1. The molecule has 0 saturated carbocycles. The molecule has 1 amide bonds. The highest BCUT2D eigenvalue weighted by Crippen LogP contribution is 2.19. The van der Waals surface area contributed by atoms with Crippen molar-refractivity contribution in [3.63, 3.8) is 0 Å². The number of halogens is 1. The van der Waals surface area contributed by atoms with E-state index in [0.29, 0.717) is 16.9 Å². The Morgan fingerprint density at radius 3 is 2.61 bits per heavy atom. The second-order valence-corrected chi connectivity index (χ2v) is 5.46. The van der Waals surface area contributed by atoms with Gasteiger partial charge in [0.1, 0.15) is 11.5 Å². The van der Waals surface area contributed by atoms with Crippen molar-refractivity contribution < 1.29 is 9.18 Å². The van der Waals surface area contributed by atoms with Gasteiger partial charge in [0, 0.05) is 10.6 Å². The van der Waals surface area contributed by atoms with E-state index in [4.69, 9.17) is 0 Å². The summed E-state index contributed by atoms with van der Waals surface area (Å²) in [6, 6.07) is 4.61. The number of amides is 1. The van der Waals surface area contributed by atoms with Crippen LogP contribution in [0.5, 0.6) is 0 Å². The van der Waals surface area contributed by atoms with Gasteiger partial charge in [0.05, 0.1) is 5.01 Å². The lowest BCUT2D eigenvalue weighted by Crippen LogP contribution is -2.13. The number of carbonyl (C=O) groups excluding carboxylic acids is 1. The van der Waals surface area contributed by atoms with Crippen molar-refractivity contribution in [1.29, 1.82) is 0 Å². The average molecular weight is 264 g/mol. The normalized spacial score (nSPS) is 10.4. The molecule has 2 aromatic rings. The van der Waals surface area contributed by atoms with Crippen LogP contribution in [0.25, 0.3) is 0 Å². The lowest BCUT2D eigenvalue weighted by atomic mass is 10.2. The van der Waals surface area contributed by atoms with Gasteiger partial charge in [-0.25, -0.2) is 9.37 Å². The fraction of sp³-hybridized carbons (Fsp3) is 0.231. The average Bonchev–Trinajstić information content (AvgIpc) is 2.63. The van der Waals surface area contributed by atoms with E-state index in [-0.39, 0.29) is 11.7 Å². The summed E-state index contributed by atoms with van der Waals surface area (Å²) in [6.07, 6.45) is 0. The highest BCUT2D eigenvalue weighted by Gasteiger charge is 2.14. The van der Waals surface area contributed by atoms with Gasteiger partial charge in [-0.1, -0.05) is 6.07 Å². The Balaban J connectivity index is 2.21. The number of aryl methyl sites for hydroxylation is 3. The molecule has 1 heterocycles. The number of hydrogen-bond donors (Lipinski definition) is 1. The van der Waals surface area contributed by atoms with Gasteiger partial charge in [-0.15, -0.1) is 11.3 Å². The van der Waals surface area contributed by atoms with Crippen LogP contribution < -0.4 is 5.32 Å². The Kier molecular flexibility index (Phi) is 3.43. The summed E-state index contributed by atoms with van der Waals surface area (Å²) in [7, 11) is 0. The number of rotatable bonds is 2. The zero-order valence-corrected chi connectivity index (χ0v) is 11.2. The Morgan fingerprint density at radius 2 is 2.06 bits per heavy atom. The predicted molar refractivity (Wildman–Crippen MR) is 70.7 cm³/mol. The minimum absolute atomic E-state index is 0.305. The molecule has 0 radical (unpaired) electrons. The molecule has 5 heteroatoms. The zero-order chi connectivity index (χ0) is 13.3. The summed E-state index contributed by atoms with van der Waals surface area (Å²) in [4.78, 5) is 17.0. The lowest BCUT2D eigenvalue weighted by Gasteiger charge is -2.05. The third-order valence-electron chi connectivity index (χ3n) is 2.55. The van der Waals surface area contributed by atoms with Crippen LogP contribution in [0.15, 0.2) is 18.2 Å². The molecule has 3 nitrogen and oxygen atoms in total. The highest BCUT2D eigenvalue weighted by atomic mass is 32.1. The van der Waals surface area contributed by atoms with Crippen molar-refractivity contribution in [3.05, 3.63) is 45.2 Å². The second-order valence-electron chi connectivity index (χ2n) is 4.06. The van der Waals surface area contributed by atoms with E-state index in [2.05, 4.69) is 10.3 Å². The number of thiazole rings is 1. The molecule has 1 aromatic carbocycles. The van der Waals surface area contributed by atoms with E-state index < -0.39 is 0 Å². The summed E-state index contributed by atoms with van der Waals surface area (Å²) in [5.41, 5.74) is 1.39. The summed E-state index contributed by atoms with van der Waals surface area (Å²) < 4.78 is 13.4. The van der Waals surface area contributed by atoms with Gasteiger partial charge in [-0.2, -0.15) is 0 Å². The molecule has 0 atom stereocenters.